The first-order valence-corrected chi connectivity index (χ1v) is 6.77. The normalized spacial score (nSPS) is 13.8. The molecule has 1 saturated carbocycles. The van der Waals surface area contributed by atoms with E-state index in [1.54, 1.807) is 6.20 Å². The Morgan fingerprint density at radius 1 is 1.25 bits per heavy atom. The number of carbonyl (C=O) groups is 1. The SMILES string of the molecule is O=C(NCc1ccnc(Oc2ccccc2)c1)C1CC1. The van der Waals surface area contributed by atoms with Crippen LogP contribution in [-0.2, 0) is 11.3 Å². The highest BCUT2D eigenvalue weighted by Gasteiger charge is 2.29. The third-order valence-corrected chi connectivity index (χ3v) is 3.18. The number of amides is 1. The zero-order valence-corrected chi connectivity index (χ0v) is 11.1. The average molecular weight is 268 g/mol. The van der Waals surface area contributed by atoms with Gasteiger partial charge in [0.15, 0.2) is 0 Å². The first kappa shape index (κ1) is 12.7. The van der Waals surface area contributed by atoms with Crippen LogP contribution in [0.1, 0.15) is 18.4 Å². The smallest absolute Gasteiger partial charge is 0.223 e. The van der Waals surface area contributed by atoms with Crippen molar-refractivity contribution in [2.75, 3.05) is 0 Å². The fraction of sp³-hybridized carbons (Fsp3) is 0.250. The van der Waals surface area contributed by atoms with Crippen molar-refractivity contribution < 1.29 is 9.53 Å². The Hall–Kier alpha value is -2.36. The van der Waals surface area contributed by atoms with Crippen LogP contribution in [0, 0.1) is 5.92 Å². The number of hydrogen-bond acceptors (Lipinski definition) is 3. The first-order chi connectivity index (χ1) is 9.81. The molecule has 1 N–H and O–H groups in total. The topological polar surface area (TPSA) is 51.2 Å². The molecule has 102 valence electrons. The Kier molecular flexibility index (Phi) is 3.63. The second-order valence-corrected chi connectivity index (χ2v) is 4.91. The summed E-state index contributed by atoms with van der Waals surface area (Å²) in [6.45, 7) is 0.517. The zero-order chi connectivity index (χ0) is 13.8. The van der Waals surface area contributed by atoms with E-state index in [4.69, 9.17) is 4.74 Å². The van der Waals surface area contributed by atoms with E-state index in [9.17, 15) is 4.79 Å². The van der Waals surface area contributed by atoms with E-state index < -0.39 is 0 Å². The third kappa shape index (κ3) is 3.35. The molecule has 0 aliphatic heterocycles. The van der Waals surface area contributed by atoms with Crippen molar-refractivity contribution in [2.45, 2.75) is 19.4 Å². The number of hydrogen-bond donors (Lipinski definition) is 1. The molecule has 4 nitrogen and oxygen atoms in total. The fourth-order valence-corrected chi connectivity index (χ4v) is 1.90. The van der Waals surface area contributed by atoms with Crippen LogP contribution in [0.25, 0.3) is 0 Å². The van der Waals surface area contributed by atoms with Crippen molar-refractivity contribution in [1.82, 2.24) is 10.3 Å². The molecule has 1 fully saturated rings. The second-order valence-electron chi connectivity index (χ2n) is 4.91. The lowest BCUT2D eigenvalue weighted by molar-refractivity contribution is -0.122. The van der Waals surface area contributed by atoms with Crippen LogP contribution in [0.2, 0.25) is 0 Å². The molecule has 0 atom stereocenters. The van der Waals surface area contributed by atoms with Gasteiger partial charge < -0.3 is 10.1 Å². The standard InChI is InChI=1S/C16H16N2O2/c19-16(13-6-7-13)18-11-12-8-9-17-15(10-12)20-14-4-2-1-3-5-14/h1-5,8-10,13H,6-7,11H2,(H,18,19). The summed E-state index contributed by atoms with van der Waals surface area (Å²) in [5, 5.41) is 2.93. The molecule has 3 rings (SSSR count). The predicted octanol–water partition coefficient (Wildman–Crippen LogP) is 2.90. The molecule has 1 aliphatic carbocycles. The minimum absolute atomic E-state index is 0.146. The molecule has 0 radical (unpaired) electrons. The molecule has 1 aromatic carbocycles. The second kappa shape index (κ2) is 5.74. The molecule has 0 spiro atoms. The number of benzene rings is 1. The first-order valence-electron chi connectivity index (χ1n) is 6.77. The Bertz CT molecular complexity index is 594. The number of aromatic nitrogens is 1. The highest BCUT2D eigenvalue weighted by atomic mass is 16.5. The Balaban J connectivity index is 1.61. The summed E-state index contributed by atoms with van der Waals surface area (Å²) >= 11 is 0. The molecular formula is C16H16N2O2. The van der Waals surface area contributed by atoms with Crippen LogP contribution in [0.3, 0.4) is 0 Å². The van der Waals surface area contributed by atoms with Gasteiger partial charge in [-0.25, -0.2) is 4.98 Å². The molecule has 1 heterocycles. The van der Waals surface area contributed by atoms with E-state index in [0.29, 0.717) is 12.4 Å². The minimum atomic E-state index is 0.146. The summed E-state index contributed by atoms with van der Waals surface area (Å²) in [5.41, 5.74) is 0.986. The van der Waals surface area contributed by atoms with Gasteiger partial charge in [0.2, 0.25) is 11.8 Å². The minimum Gasteiger partial charge on any atom is -0.439 e. The molecule has 4 heteroatoms. The molecule has 1 amide bonds. The Labute approximate surface area is 117 Å². The lowest BCUT2D eigenvalue weighted by atomic mass is 10.2. The Morgan fingerprint density at radius 3 is 2.80 bits per heavy atom. The van der Waals surface area contributed by atoms with Crippen LogP contribution < -0.4 is 10.1 Å². The summed E-state index contributed by atoms with van der Waals surface area (Å²) in [7, 11) is 0. The van der Waals surface area contributed by atoms with Crippen LogP contribution >= 0.6 is 0 Å². The summed E-state index contributed by atoms with van der Waals surface area (Å²) in [6.07, 6.45) is 3.73. The van der Waals surface area contributed by atoms with Crippen LogP contribution in [0.4, 0.5) is 0 Å². The van der Waals surface area contributed by atoms with Gasteiger partial charge in [-0.15, -0.1) is 0 Å². The number of para-hydroxylation sites is 1. The summed E-state index contributed by atoms with van der Waals surface area (Å²) in [6, 6.07) is 13.2. The van der Waals surface area contributed by atoms with Gasteiger partial charge in [0, 0.05) is 24.7 Å². The highest BCUT2D eigenvalue weighted by molar-refractivity contribution is 5.80. The van der Waals surface area contributed by atoms with Gasteiger partial charge in [0.25, 0.3) is 0 Å². The zero-order valence-electron chi connectivity index (χ0n) is 11.1. The quantitative estimate of drug-likeness (QED) is 0.907. The maximum Gasteiger partial charge on any atom is 0.223 e. The monoisotopic (exact) mass is 268 g/mol. The lowest BCUT2D eigenvalue weighted by Gasteiger charge is -2.07. The molecular weight excluding hydrogens is 252 g/mol. The third-order valence-electron chi connectivity index (χ3n) is 3.18. The number of pyridine rings is 1. The molecule has 0 bridgehead atoms. The van der Waals surface area contributed by atoms with Gasteiger partial charge >= 0.3 is 0 Å². The van der Waals surface area contributed by atoms with E-state index in [-0.39, 0.29) is 11.8 Å². The molecule has 1 aliphatic rings. The maximum absolute atomic E-state index is 11.6. The van der Waals surface area contributed by atoms with E-state index in [1.807, 2.05) is 42.5 Å². The van der Waals surface area contributed by atoms with Crippen molar-refractivity contribution in [2.24, 2.45) is 5.92 Å². The van der Waals surface area contributed by atoms with Crippen molar-refractivity contribution >= 4 is 5.91 Å². The number of nitrogens with one attached hydrogen (secondary N) is 1. The molecule has 20 heavy (non-hydrogen) atoms. The summed E-state index contributed by atoms with van der Waals surface area (Å²) < 4.78 is 5.66. The summed E-state index contributed by atoms with van der Waals surface area (Å²) in [4.78, 5) is 15.8. The number of rotatable bonds is 5. The van der Waals surface area contributed by atoms with E-state index in [0.717, 1.165) is 24.2 Å². The van der Waals surface area contributed by atoms with Gasteiger partial charge in [0.1, 0.15) is 5.75 Å². The van der Waals surface area contributed by atoms with Crippen LogP contribution in [0.5, 0.6) is 11.6 Å². The van der Waals surface area contributed by atoms with Gasteiger partial charge in [-0.3, -0.25) is 4.79 Å². The number of nitrogens with zero attached hydrogens (tertiary/aromatic N) is 1. The van der Waals surface area contributed by atoms with Gasteiger partial charge in [-0.05, 0) is 36.6 Å². The van der Waals surface area contributed by atoms with Gasteiger partial charge in [-0.1, -0.05) is 18.2 Å². The van der Waals surface area contributed by atoms with Crippen LogP contribution in [0.15, 0.2) is 48.7 Å². The Morgan fingerprint density at radius 2 is 2.05 bits per heavy atom. The number of carbonyl (C=O) groups excluding carboxylic acids is 1. The molecule has 0 unspecified atom stereocenters. The van der Waals surface area contributed by atoms with E-state index in [1.165, 1.54) is 0 Å². The maximum atomic E-state index is 11.6. The largest absolute Gasteiger partial charge is 0.439 e. The van der Waals surface area contributed by atoms with Crippen molar-refractivity contribution in [3.63, 3.8) is 0 Å². The van der Waals surface area contributed by atoms with E-state index in [2.05, 4.69) is 10.3 Å². The lowest BCUT2D eigenvalue weighted by Crippen LogP contribution is -2.24. The molecule has 2 aromatic rings. The van der Waals surface area contributed by atoms with Gasteiger partial charge in [-0.2, -0.15) is 0 Å². The fourth-order valence-electron chi connectivity index (χ4n) is 1.90. The van der Waals surface area contributed by atoms with Crippen molar-refractivity contribution in [3.05, 3.63) is 54.2 Å². The summed E-state index contributed by atoms with van der Waals surface area (Å²) in [5.74, 6) is 1.66. The average Bonchev–Trinajstić information content (AvgIpc) is 3.31. The molecule has 0 saturated heterocycles. The van der Waals surface area contributed by atoms with Crippen LogP contribution in [-0.4, -0.2) is 10.9 Å². The number of ether oxygens (including phenoxy) is 1. The predicted molar refractivity (Wildman–Crippen MR) is 75.3 cm³/mol. The van der Waals surface area contributed by atoms with Crippen molar-refractivity contribution in [3.8, 4) is 11.6 Å². The van der Waals surface area contributed by atoms with Gasteiger partial charge in [0.05, 0.1) is 0 Å². The molecule has 1 aromatic heterocycles. The van der Waals surface area contributed by atoms with E-state index >= 15 is 0 Å². The van der Waals surface area contributed by atoms with Crippen molar-refractivity contribution in [1.29, 1.82) is 0 Å². The highest BCUT2D eigenvalue weighted by Crippen LogP contribution is 2.28.